The molecule has 0 aliphatic heterocycles. The summed E-state index contributed by atoms with van der Waals surface area (Å²) in [5.41, 5.74) is 4.16. The molecular formula is C16H17BrN2O. The fourth-order valence-electron chi connectivity index (χ4n) is 1.93. The van der Waals surface area contributed by atoms with Gasteiger partial charge in [0.25, 0.3) is 0 Å². The number of anilines is 2. The van der Waals surface area contributed by atoms with Gasteiger partial charge < -0.3 is 10.6 Å². The van der Waals surface area contributed by atoms with Crippen molar-refractivity contribution in [3.05, 3.63) is 58.1 Å². The number of carbonyl (C=O) groups is 1. The van der Waals surface area contributed by atoms with Crippen LogP contribution in [0.25, 0.3) is 0 Å². The molecule has 1 amide bonds. The van der Waals surface area contributed by atoms with E-state index < -0.39 is 0 Å². The Morgan fingerprint density at radius 3 is 2.65 bits per heavy atom. The molecule has 2 N–H and O–H groups in total. The van der Waals surface area contributed by atoms with Crippen molar-refractivity contribution in [1.82, 2.24) is 0 Å². The Morgan fingerprint density at radius 2 is 1.95 bits per heavy atom. The van der Waals surface area contributed by atoms with Crippen molar-refractivity contribution >= 4 is 33.2 Å². The van der Waals surface area contributed by atoms with Crippen molar-refractivity contribution in [2.45, 2.75) is 20.4 Å². The minimum atomic E-state index is -0.0643. The minimum Gasteiger partial charge on any atom is -0.381 e. The Labute approximate surface area is 127 Å². The molecular weight excluding hydrogens is 316 g/mol. The largest absolute Gasteiger partial charge is 0.381 e. The standard InChI is InChI=1S/C16H17BrN2O/c1-11-7-8-14(19-12(2)20)9-16(11)18-10-13-5-3-4-6-15(13)17/h3-9,18H,10H2,1-2H3,(H,19,20). The lowest BCUT2D eigenvalue weighted by molar-refractivity contribution is -0.114. The predicted octanol–water partition coefficient (Wildman–Crippen LogP) is 4.33. The topological polar surface area (TPSA) is 41.1 Å². The van der Waals surface area contributed by atoms with E-state index in [0.29, 0.717) is 0 Å². The highest BCUT2D eigenvalue weighted by molar-refractivity contribution is 9.10. The maximum Gasteiger partial charge on any atom is 0.221 e. The van der Waals surface area contributed by atoms with E-state index >= 15 is 0 Å². The van der Waals surface area contributed by atoms with Crippen molar-refractivity contribution in [1.29, 1.82) is 0 Å². The number of hydrogen-bond acceptors (Lipinski definition) is 2. The minimum absolute atomic E-state index is 0.0643. The van der Waals surface area contributed by atoms with Gasteiger partial charge in [-0.3, -0.25) is 4.79 Å². The van der Waals surface area contributed by atoms with Crippen LogP contribution in [0.3, 0.4) is 0 Å². The van der Waals surface area contributed by atoms with Crippen molar-refractivity contribution in [2.24, 2.45) is 0 Å². The Morgan fingerprint density at radius 1 is 1.20 bits per heavy atom. The first-order chi connectivity index (χ1) is 9.56. The first kappa shape index (κ1) is 14.6. The van der Waals surface area contributed by atoms with Crippen molar-refractivity contribution in [2.75, 3.05) is 10.6 Å². The summed E-state index contributed by atoms with van der Waals surface area (Å²) in [6, 6.07) is 14.0. The molecule has 0 saturated carbocycles. The van der Waals surface area contributed by atoms with Crippen LogP contribution in [0.2, 0.25) is 0 Å². The summed E-state index contributed by atoms with van der Waals surface area (Å²) in [7, 11) is 0. The SMILES string of the molecule is CC(=O)Nc1ccc(C)c(NCc2ccccc2Br)c1. The van der Waals surface area contributed by atoms with E-state index in [0.717, 1.165) is 28.0 Å². The summed E-state index contributed by atoms with van der Waals surface area (Å²) < 4.78 is 1.09. The third kappa shape index (κ3) is 3.84. The average molecular weight is 333 g/mol. The van der Waals surface area contributed by atoms with Crippen LogP contribution in [0.15, 0.2) is 46.9 Å². The number of amides is 1. The molecule has 0 atom stereocenters. The van der Waals surface area contributed by atoms with Crippen molar-refractivity contribution in [3.8, 4) is 0 Å². The first-order valence-electron chi connectivity index (χ1n) is 6.42. The molecule has 0 saturated heterocycles. The molecule has 20 heavy (non-hydrogen) atoms. The number of hydrogen-bond donors (Lipinski definition) is 2. The van der Waals surface area contributed by atoms with Crippen LogP contribution in [0.4, 0.5) is 11.4 Å². The van der Waals surface area contributed by atoms with E-state index in [-0.39, 0.29) is 5.91 Å². The van der Waals surface area contributed by atoms with Gasteiger partial charge in [0.15, 0.2) is 0 Å². The Kier molecular flexibility index (Phi) is 4.79. The number of carbonyl (C=O) groups excluding carboxylic acids is 1. The van der Waals surface area contributed by atoms with Gasteiger partial charge in [-0.15, -0.1) is 0 Å². The average Bonchev–Trinajstić information content (AvgIpc) is 2.40. The molecule has 2 aromatic rings. The van der Waals surface area contributed by atoms with Crippen LogP contribution in [-0.2, 0) is 11.3 Å². The van der Waals surface area contributed by atoms with Crippen molar-refractivity contribution < 1.29 is 4.79 Å². The summed E-state index contributed by atoms with van der Waals surface area (Å²) in [6.45, 7) is 4.28. The summed E-state index contributed by atoms with van der Waals surface area (Å²) in [5.74, 6) is -0.0643. The molecule has 0 unspecified atom stereocenters. The lowest BCUT2D eigenvalue weighted by atomic mass is 10.1. The van der Waals surface area contributed by atoms with Gasteiger partial charge >= 0.3 is 0 Å². The van der Waals surface area contributed by atoms with Crippen LogP contribution in [-0.4, -0.2) is 5.91 Å². The zero-order chi connectivity index (χ0) is 14.5. The third-order valence-corrected chi connectivity index (χ3v) is 3.76. The molecule has 104 valence electrons. The number of aryl methyl sites for hydroxylation is 1. The van der Waals surface area contributed by atoms with Gasteiger partial charge in [0, 0.05) is 29.3 Å². The van der Waals surface area contributed by atoms with Gasteiger partial charge in [-0.25, -0.2) is 0 Å². The molecule has 3 nitrogen and oxygen atoms in total. The van der Waals surface area contributed by atoms with Gasteiger partial charge in [-0.1, -0.05) is 40.2 Å². The van der Waals surface area contributed by atoms with Gasteiger partial charge in [0.2, 0.25) is 5.91 Å². The second-order valence-electron chi connectivity index (χ2n) is 4.66. The molecule has 0 aliphatic rings. The lowest BCUT2D eigenvalue weighted by Crippen LogP contribution is -2.07. The smallest absolute Gasteiger partial charge is 0.221 e. The van der Waals surface area contributed by atoms with Gasteiger partial charge in [0.1, 0.15) is 0 Å². The molecule has 0 spiro atoms. The van der Waals surface area contributed by atoms with E-state index in [2.05, 4.69) is 32.6 Å². The maximum atomic E-state index is 11.1. The predicted molar refractivity (Wildman–Crippen MR) is 87.0 cm³/mol. The van der Waals surface area contributed by atoms with Gasteiger partial charge in [-0.2, -0.15) is 0 Å². The van der Waals surface area contributed by atoms with E-state index in [1.54, 1.807) is 0 Å². The Balaban J connectivity index is 2.12. The summed E-state index contributed by atoms with van der Waals surface area (Å²) in [6.07, 6.45) is 0. The van der Waals surface area contributed by atoms with Crippen molar-refractivity contribution in [3.63, 3.8) is 0 Å². The van der Waals surface area contributed by atoms with E-state index in [1.165, 1.54) is 12.5 Å². The van der Waals surface area contributed by atoms with Crippen LogP contribution in [0, 0.1) is 6.92 Å². The highest BCUT2D eigenvalue weighted by Gasteiger charge is 2.03. The van der Waals surface area contributed by atoms with E-state index in [4.69, 9.17) is 0 Å². The quantitative estimate of drug-likeness (QED) is 0.874. The van der Waals surface area contributed by atoms with Crippen LogP contribution >= 0.6 is 15.9 Å². The molecule has 0 fully saturated rings. The highest BCUT2D eigenvalue weighted by Crippen LogP contribution is 2.22. The lowest BCUT2D eigenvalue weighted by Gasteiger charge is -2.12. The molecule has 2 rings (SSSR count). The highest BCUT2D eigenvalue weighted by atomic mass is 79.9. The van der Waals surface area contributed by atoms with Crippen LogP contribution in [0.1, 0.15) is 18.1 Å². The molecule has 4 heteroatoms. The molecule has 2 aromatic carbocycles. The second-order valence-corrected chi connectivity index (χ2v) is 5.51. The van der Waals surface area contributed by atoms with Gasteiger partial charge in [-0.05, 0) is 36.2 Å². The first-order valence-corrected chi connectivity index (χ1v) is 7.21. The molecule has 0 aliphatic carbocycles. The molecule has 0 bridgehead atoms. The summed E-state index contributed by atoms with van der Waals surface area (Å²) >= 11 is 3.54. The monoisotopic (exact) mass is 332 g/mol. The van der Waals surface area contributed by atoms with E-state index in [1.807, 2.05) is 43.3 Å². The molecule has 0 heterocycles. The summed E-state index contributed by atoms with van der Waals surface area (Å²) in [4.78, 5) is 11.1. The fraction of sp³-hybridized carbons (Fsp3) is 0.188. The number of benzene rings is 2. The Bertz CT molecular complexity index is 626. The third-order valence-electron chi connectivity index (χ3n) is 2.99. The zero-order valence-electron chi connectivity index (χ0n) is 11.5. The van der Waals surface area contributed by atoms with Crippen LogP contribution < -0.4 is 10.6 Å². The molecule has 0 radical (unpaired) electrons. The van der Waals surface area contributed by atoms with E-state index in [9.17, 15) is 4.79 Å². The Hall–Kier alpha value is -1.81. The maximum absolute atomic E-state index is 11.1. The number of halogens is 1. The number of nitrogens with one attached hydrogen (secondary N) is 2. The zero-order valence-corrected chi connectivity index (χ0v) is 13.1. The normalized spacial score (nSPS) is 10.2. The second kappa shape index (κ2) is 6.57. The van der Waals surface area contributed by atoms with Gasteiger partial charge in [0.05, 0.1) is 0 Å². The number of rotatable bonds is 4. The fourth-order valence-corrected chi connectivity index (χ4v) is 2.35. The van der Waals surface area contributed by atoms with Crippen LogP contribution in [0.5, 0.6) is 0 Å². The summed E-state index contributed by atoms with van der Waals surface area (Å²) in [5, 5.41) is 6.20. The molecule has 0 aromatic heterocycles.